The van der Waals surface area contributed by atoms with E-state index in [1.54, 1.807) is 24.3 Å². The maximum atomic E-state index is 11.9. The number of amides is 1. The largest absolute Gasteiger partial charge is 0.484 e. The Morgan fingerprint density at radius 3 is 2.65 bits per heavy atom. The molecule has 0 saturated carbocycles. The van der Waals surface area contributed by atoms with Crippen molar-refractivity contribution in [3.05, 3.63) is 29.8 Å². The maximum absolute atomic E-state index is 11.9. The molecule has 1 aromatic carbocycles. The quantitative estimate of drug-likeness (QED) is 0.889. The van der Waals surface area contributed by atoms with Crippen molar-refractivity contribution in [2.45, 2.75) is 25.7 Å². The topological polar surface area (TPSA) is 66.8 Å². The van der Waals surface area contributed by atoms with Crippen LogP contribution in [-0.2, 0) is 16.0 Å². The molecule has 0 spiro atoms. The van der Waals surface area contributed by atoms with Crippen LogP contribution in [0, 0.1) is 0 Å². The van der Waals surface area contributed by atoms with E-state index < -0.39 is 5.97 Å². The van der Waals surface area contributed by atoms with E-state index in [-0.39, 0.29) is 18.9 Å². The van der Waals surface area contributed by atoms with Crippen LogP contribution in [0.1, 0.15) is 24.8 Å². The summed E-state index contributed by atoms with van der Waals surface area (Å²) >= 11 is 0. The average molecular weight is 277 g/mol. The molecule has 0 unspecified atom stereocenters. The molecular weight excluding hydrogens is 258 g/mol. The Morgan fingerprint density at radius 2 is 1.95 bits per heavy atom. The smallest absolute Gasteiger partial charge is 0.307 e. The van der Waals surface area contributed by atoms with Crippen LogP contribution in [0.3, 0.4) is 0 Å². The van der Waals surface area contributed by atoms with E-state index in [1.165, 1.54) is 6.42 Å². The minimum atomic E-state index is -0.883. The van der Waals surface area contributed by atoms with E-state index in [4.69, 9.17) is 9.84 Å². The van der Waals surface area contributed by atoms with Gasteiger partial charge in [-0.1, -0.05) is 12.1 Å². The molecule has 1 fully saturated rings. The minimum Gasteiger partial charge on any atom is -0.484 e. The van der Waals surface area contributed by atoms with Crippen molar-refractivity contribution in [3.8, 4) is 5.75 Å². The third-order valence-electron chi connectivity index (χ3n) is 3.32. The first-order valence-electron chi connectivity index (χ1n) is 6.86. The van der Waals surface area contributed by atoms with Crippen molar-refractivity contribution < 1.29 is 19.4 Å². The zero-order valence-electron chi connectivity index (χ0n) is 11.4. The van der Waals surface area contributed by atoms with Gasteiger partial charge in [-0.3, -0.25) is 9.59 Å². The lowest BCUT2D eigenvalue weighted by molar-refractivity contribution is -0.136. The molecule has 20 heavy (non-hydrogen) atoms. The lowest BCUT2D eigenvalue weighted by Gasteiger charge is -2.26. The van der Waals surface area contributed by atoms with Gasteiger partial charge in [0.25, 0.3) is 5.91 Å². The second-order valence-corrected chi connectivity index (χ2v) is 4.95. The number of carbonyl (C=O) groups is 2. The molecule has 1 aliphatic rings. The van der Waals surface area contributed by atoms with Gasteiger partial charge >= 0.3 is 5.97 Å². The van der Waals surface area contributed by atoms with Gasteiger partial charge in [0.05, 0.1) is 6.42 Å². The predicted octanol–water partition coefficient (Wildman–Crippen LogP) is 1.71. The first-order valence-corrected chi connectivity index (χ1v) is 6.86. The highest BCUT2D eigenvalue weighted by atomic mass is 16.5. The van der Waals surface area contributed by atoms with Gasteiger partial charge in [-0.15, -0.1) is 0 Å². The highest BCUT2D eigenvalue weighted by molar-refractivity contribution is 5.77. The molecule has 1 saturated heterocycles. The first-order chi connectivity index (χ1) is 9.65. The molecule has 1 aromatic rings. The molecule has 0 aliphatic carbocycles. The summed E-state index contributed by atoms with van der Waals surface area (Å²) in [6.45, 7) is 1.62. The van der Waals surface area contributed by atoms with Crippen LogP contribution < -0.4 is 4.74 Å². The third kappa shape index (κ3) is 4.26. The summed E-state index contributed by atoms with van der Waals surface area (Å²) in [5, 5.41) is 8.74. The molecule has 0 radical (unpaired) electrons. The van der Waals surface area contributed by atoms with Gasteiger partial charge in [-0.25, -0.2) is 0 Å². The maximum Gasteiger partial charge on any atom is 0.307 e. The van der Waals surface area contributed by atoms with Crippen molar-refractivity contribution in [1.82, 2.24) is 4.90 Å². The Kier molecular flexibility index (Phi) is 4.98. The summed E-state index contributed by atoms with van der Waals surface area (Å²) < 4.78 is 5.46. The summed E-state index contributed by atoms with van der Waals surface area (Å²) in [4.78, 5) is 24.4. The molecule has 5 heteroatoms. The number of hydrogen-bond donors (Lipinski definition) is 1. The lowest BCUT2D eigenvalue weighted by atomic mass is 10.1. The molecule has 0 bridgehead atoms. The van der Waals surface area contributed by atoms with E-state index in [0.29, 0.717) is 11.3 Å². The van der Waals surface area contributed by atoms with Gasteiger partial charge in [0.1, 0.15) is 5.75 Å². The van der Waals surface area contributed by atoms with Crippen LogP contribution in [0.15, 0.2) is 24.3 Å². The Bertz CT molecular complexity index is 481. The average Bonchev–Trinajstić information content (AvgIpc) is 2.45. The van der Waals surface area contributed by atoms with E-state index in [2.05, 4.69) is 0 Å². The fourth-order valence-electron chi connectivity index (χ4n) is 2.30. The number of likely N-dealkylation sites (tertiary alicyclic amines) is 1. The summed E-state index contributed by atoms with van der Waals surface area (Å²) in [5.74, 6) is -0.353. The van der Waals surface area contributed by atoms with Gasteiger partial charge in [-0.05, 0) is 37.0 Å². The summed E-state index contributed by atoms with van der Waals surface area (Å²) in [6, 6.07) is 6.86. The van der Waals surface area contributed by atoms with Crippen molar-refractivity contribution in [1.29, 1.82) is 0 Å². The van der Waals surface area contributed by atoms with Crippen LogP contribution >= 0.6 is 0 Å². The molecule has 0 aromatic heterocycles. The lowest BCUT2D eigenvalue weighted by Crippen LogP contribution is -2.38. The molecule has 2 rings (SSSR count). The van der Waals surface area contributed by atoms with Crippen molar-refractivity contribution in [2.75, 3.05) is 19.7 Å². The van der Waals surface area contributed by atoms with Crippen molar-refractivity contribution in [3.63, 3.8) is 0 Å². The van der Waals surface area contributed by atoms with Crippen LogP contribution in [0.4, 0.5) is 0 Å². The fraction of sp³-hybridized carbons (Fsp3) is 0.467. The van der Waals surface area contributed by atoms with Gasteiger partial charge in [-0.2, -0.15) is 0 Å². The molecule has 1 aliphatic heterocycles. The fourth-order valence-corrected chi connectivity index (χ4v) is 2.30. The minimum absolute atomic E-state index is 0.00617. The molecular formula is C15H19NO4. The number of rotatable bonds is 5. The Balaban J connectivity index is 1.86. The van der Waals surface area contributed by atoms with E-state index in [1.807, 2.05) is 4.90 Å². The highest BCUT2D eigenvalue weighted by Crippen LogP contribution is 2.15. The number of ether oxygens (including phenoxy) is 1. The first kappa shape index (κ1) is 14.4. The summed E-state index contributed by atoms with van der Waals surface area (Å²) in [7, 11) is 0. The predicted molar refractivity (Wildman–Crippen MR) is 73.7 cm³/mol. The zero-order chi connectivity index (χ0) is 14.4. The molecule has 1 heterocycles. The normalized spacial score (nSPS) is 14.9. The number of nitrogens with zero attached hydrogens (tertiary/aromatic N) is 1. The Morgan fingerprint density at radius 1 is 1.20 bits per heavy atom. The van der Waals surface area contributed by atoms with E-state index in [9.17, 15) is 9.59 Å². The molecule has 5 nitrogen and oxygen atoms in total. The summed E-state index contributed by atoms with van der Waals surface area (Å²) in [6.07, 6.45) is 3.25. The van der Waals surface area contributed by atoms with Crippen molar-refractivity contribution in [2.24, 2.45) is 0 Å². The number of aliphatic carboxylic acids is 1. The third-order valence-corrected chi connectivity index (χ3v) is 3.32. The zero-order valence-corrected chi connectivity index (χ0v) is 11.4. The number of carbonyl (C=O) groups excluding carboxylic acids is 1. The van der Waals surface area contributed by atoms with Crippen LogP contribution in [0.2, 0.25) is 0 Å². The molecule has 0 atom stereocenters. The Hall–Kier alpha value is -2.04. The Labute approximate surface area is 118 Å². The summed E-state index contributed by atoms with van der Waals surface area (Å²) in [5.41, 5.74) is 0.667. The number of carboxylic acids is 1. The van der Waals surface area contributed by atoms with Gasteiger partial charge in [0, 0.05) is 13.1 Å². The number of hydrogen-bond acceptors (Lipinski definition) is 3. The standard InChI is InChI=1S/C15H19NO4/c17-14(16-7-2-1-3-8-16)11-20-13-6-4-5-12(9-13)10-15(18)19/h4-6,9H,1-3,7-8,10-11H2,(H,18,19). The highest BCUT2D eigenvalue weighted by Gasteiger charge is 2.16. The molecule has 1 amide bonds. The SMILES string of the molecule is O=C(O)Cc1cccc(OCC(=O)N2CCCCC2)c1. The van der Waals surface area contributed by atoms with Crippen LogP contribution in [0.5, 0.6) is 5.75 Å². The molecule has 1 N–H and O–H groups in total. The monoisotopic (exact) mass is 277 g/mol. The van der Waals surface area contributed by atoms with E-state index >= 15 is 0 Å². The van der Waals surface area contributed by atoms with Crippen LogP contribution in [0.25, 0.3) is 0 Å². The second kappa shape index (κ2) is 6.93. The second-order valence-electron chi connectivity index (χ2n) is 4.95. The van der Waals surface area contributed by atoms with E-state index in [0.717, 1.165) is 25.9 Å². The van der Waals surface area contributed by atoms with Gasteiger partial charge in [0.2, 0.25) is 0 Å². The number of benzene rings is 1. The molecule has 108 valence electrons. The van der Waals surface area contributed by atoms with Crippen molar-refractivity contribution >= 4 is 11.9 Å². The number of carboxylic acid groups (broad SMARTS) is 1. The van der Waals surface area contributed by atoms with Crippen LogP contribution in [-0.4, -0.2) is 41.6 Å². The van der Waals surface area contributed by atoms with Gasteiger partial charge in [0.15, 0.2) is 6.61 Å². The van der Waals surface area contributed by atoms with Gasteiger partial charge < -0.3 is 14.7 Å². The number of piperidine rings is 1.